The summed E-state index contributed by atoms with van der Waals surface area (Å²) in [4.78, 5) is 0. The number of anilines is 1. The van der Waals surface area contributed by atoms with Gasteiger partial charge >= 0.3 is 0 Å². The van der Waals surface area contributed by atoms with E-state index in [2.05, 4.69) is 21.2 Å². The summed E-state index contributed by atoms with van der Waals surface area (Å²) >= 11 is 3.41. The molecule has 0 fully saturated rings. The lowest BCUT2D eigenvalue weighted by atomic mass is 10.2. The average molecular weight is 274 g/mol. The van der Waals surface area contributed by atoms with Crippen molar-refractivity contribution in [3.8, 4) is 5.75 Å². The Morgan fingerprint density at radius 2 is 2.20 bits per heavy atom. The molecule has 1 rings (SSSR count). The van der Waals surface area contributed by atoms with E-state index in [1.54, 1.807) is 7.11 Å². The maximum absolute atomic E-state index is 8.65. The molecular weight excluding hydrogens is 258 g/mol. The summed E-state index contributed by atoms with van der Waals surface area (Å²) in [5.41, 5.74) is 0.977. The summed E-state index contributed by atoms with van der Waals surface area (Å²) in [5, 5.41) is 11.9. The third-order valence-corrected chi connectivity index (χ3v) is 2.56. The third-order valence-electron chi connectivity index (χ3n) is 2.06. The van der Waals surface area contributed by atoms with E-state index in [0.29, 0.717) is 0 Å². The van der Waals surface area contributed by atoms with Crippen molar-refractivity contribution in [3.63, 3.8) is 0 Å². The molecule has 0 unspecified atom stereocenters. The van der Waals surface area contributed by atoms with Gasteiger partial charge < -0.3 is 15.2 Å². The van der Waals surface area contributed by atoms with Crippen molar-refractivity contribution < 1.29 is 9.84 Å². The first-order chi connectivity index (χ1) is 7.27. The van der Waals surface area contributed by atoms with Crippen molar-refractivity contribution in [2.24, 2.45) is 0 Å². The van der Waals surface area contributed by atoms with Crippen LogP contribution in [0.4, 0.5) is 5.69 Å². The summed E-state index contributed by atoms with van der Waals surface area (Å²) in [6.45, 7) is 1.09. The van der Waals surface area contributed by atoms with Gasteiger partial charge in [-0.2, -0.15) is 0 Å². The van der Waals surface area contributed by atoms with Gasteiger partial charge in [0.25, 0.3) is 0 Å². The third kappa shape index (κ3) is 4.10. The minimum Gasteiger partial charge on any atom is -0.495 e. The largest absolute Gasteiger partial charge is 0.495 e. The molecule has 0 amide bonds. The maximum atomic E-state index is 8.65. The molecule has 1 aromatic rings. The SMILES string of the molecule is COc1ccc(Br)cc1NCCCCO. The molecule has 2 N–H and O–H groups in total. The standard InChI is InChI=1S/C11H16BrNO2/c1-15-11-5-4-9(12)8-10(11)13-6-2-3-7-14/h4-5,8,13-14H,2-3,6-7H2,1H3. The monoisotopic (exact) mass is 273 g/mol. The number of aliphatic hydroxyl groups is 1. The Morgan fingerprint density at radius 3 is 2.87 bits per heavy atom. The van der Waals surface area contributed by atoms with E-state index in [1.807, 2.05) is 18.2 Å². The van der Waals surface area contributed by atoms with E-state index in [1.165, 1.54) is 0 Å². The lowest BCUT2D eigenvalue weighted by molar-refractivity contribution is 0.286. The van der Waals surface area contributed by atoms with Crippen LogP contribution in [0, 0.1) is 0 Å². The Labute approximate surface area is 98.6 Å². The molecule has 0 aliphatic carbocycles. The van der Waals surface area contributed by atoms with Crippen molar-refractivity contribution in [1.29, 1.82) is 0 Å². The lowest BCUT2D eigenvalue weighted by Crippen LogP contribution is -2.03. The zero-order chi connectivity index (χ0) is 11.1. The van der Waals surface area contributed by atoms with E-state index in [-0.39, 0.29) is 6.61 Å². The molecule has 1 aromatic carbocycles. The lowest BCUT2D eigenvalue weighted by Gasteiger charge is -2.11. The van der Waals surface area contributed by atoms with Crippen LogP contribution in [-0.2, 0) is 0 Å². The van der Waals surface area contributed by atoms with E-state index in [9.17, 15) is 0 Å². The average Bonchev–Trinajstić information content (AvgIpc) is 2.25. The Hall–Kier alpha value is -0.740. The van der Waals surface area contributed by atoms with Crippen LogP contribution in [0.15, 0.2) is 22.7 Å². The smallest absolute Gasteiger partial charge is 0.142 e. The first-order valence-electron chi connectivity index (χ1n) is 4.96. The molecule has 0 aliphatic heterocycles. The topological polar surface area (TPSA) is 41.5 Å². The van der Waals surface area contributed by atoms with Crippen LogP contribution in [0.5, 0.6) is 5.75 Å². The van der Waals surface area contributed by atoms with Crippen molar-refractivity contribution in [2.45, 2.75) is 12.8 Å². The fourth-order valence-corrected chi connectivity index (χ4v) is 1.64. The minimum absolute atomic E-state index is 0.247. The number of methoxy groups -OCH3 is 1. The van der Waals surface area contributed by atoms with E-state index >= 15 is 0 Å². The second-order valence-corrected chi connectivity index (χ2v) is 4.12. The number of unbranched alkanes of at least 4 members (excludes halogenated alkanes) is 1. The fraction of sp³-hybridized carbons (Fsp3) is 0.455. The second-order valence-electron chi connectivity index (χ2n) is 3.20. The van der Waals surface area contributed by atoms with E-state index in [4.69, 9.17) is 9.84 Å². The van der Waals surface area contributed by atoms with Gasteiger partial charge in [0.05, 0.1) is 12.8 Å². The highest BCUT2D eigenvalue weighted by Crippen LogP contribution is 2.27. The molecule has 0 spiro atoms. The minimum atomic E-state index is 0.247. The molecular formula is C11H16BrNO2. The molecule has 4 heteroatoms. The summed E-state index contributed by atoms with van der Waals surface area (Å²) in [6, 6.07) is 5.84. The van der Waals surface area contributed by atoms with Crippen LogP contribution >= 0.6 is 15.9 Å². The first kappa shape index (κ1) is 12.3. The zero-order valence-electron chi connectivity index (χ0n) is 8.79. The van der Waals surface area contributed by atoms with Crippen LogP contribution in [0.1, 0.15) is 12.8 Å². The van der Waals surface area contributed by atoms with Gasteiger partial charge in [0, 0.05) is 17.6 Å². The summed E-state index contributed by atoms with van der Waals surface area (Å²) in [5.74, 6) is 0.835. The quantitative estimate of drug-likeness (QED) is 0.783. The van der Waals surface area contributed by atoms with Crippen molar-refractivity contribution >= 4 is 21.6 Å². The van der Waals surface area contributed by atoms with Crippen LogP contribution < -0.4 is 10.1 Å². The van der Waals surface area contributed by atoms with Gasteiger partial charge in [0.1, 0.15) is 5.75 Å². The van der Waals surface area contributed by atoms with Gasteiger partial charge in [-0.05, 0) is 31.0 Å². The predicted molar refractivity (Wildman–Crippen MR) is 65.5 cm³/mol. The normalized spacial score (nSPS) is 10.1. The van der Waals surface area contributed by atoms with Crippen LogP contribution in [0.3, 0.4) is 0 Å². The molecule has 0 saturated heterocycles. The number of aliphatic hydroxyl groups excluding tert-OH is 1. The number of hydrogen-bond donors (Lipinski definition) is 2. The van der Waals surface area contributed by atoms with Gasteiger partial charge in [-0.15, -0.1) is 0 Å². The van der Waals surface area contributed by atoms with Crippen molar-refractivity contribution in [1.82, 2.24) is 0 Å². The van der Waals surface area contributed by atoms with Crippen LogP contribution in [-0.4, -0.2) is 25.4 Å². The molecule has 84 valence electrons. The summed E-state index contributed by atoms with van der Waals surface area (Å²) in [7, 11) is 1.65. The number of rotatable bonds is 6. The number of hydrogen-bond acceptors (Lipinski definition) is 3. The molecule has 0 aromatic heterocycles. The van der Waals surface area contributed by atoms with Gasteiger partial charge in [-0.25, -0.2) is 0 Å². The van der Waals surface area contributed by atoms with Gasteiger partial charge in [0.15, 0.2) is 0 Å². The molecule has 0 saturated carbocycles. The highest BCUT2D eigenvalue weighted by Gasteiger charge is 2.02. The second kappa shape index (κ2) is 6.69. The van der Waals surface area contributed by atoms with Crippen molar-refractivity contribution in [3.05, 3.63) is 22.7 Å². The van der Waals surface area contributed by atoms with Crippen LogP contribution in [0.2, 0.25) is 0 Å². The van der Waals surface area contributed by atoms with E-state index < -0.39 is 0 Å². The number of nitrogens with one attached hydrogen (secondary N) is 1. The summed E-state index contributed by atoms with van der Waals surface area (Å²) < 4.78 is 6.25. The molecule has 0 bridgehead atoms. The number of benzene rings is 1. The Kier molecular flexibility index (Phi) is 5.50. The Bertz CT molecular complexity index is 305. The molecule has 0 atom stereocenters. The Morgan fingerprint density at radius 1 is 1.40 bits per heavy atom. The Balaban J connectivity index is 2.54. The maximum Gasteiger partial charge on any atom is 0.142 e. The van der Waals surface area contributed by atoms with Crippen LogP contribution in [0.25, 0.3) is 0 Å². The molecule has 15 heavy (non-hydrogen) atoms. The number of halogens is 1. The van der Waals surface area contributed by atoms with Gasteiger partial charge in [-0.3, -0.25) is 0 Å². The highest BCUT2D eigenvalue weighted by atomic mass is 79.9. The molecule has 0 heterocycles. The predicted octanol–water partition coefficient (Wildman–Crippen LogP) is 2.64. The zero-order valence-corrected chi connectivity index (χ0v) is 10.4. The summed E-state index contributed by atoms with van der Waals surface area (Å²) in [6.07, 6.45) is 1.77. The van der Waals surface area contributed by atoms with Gasteiger partial charge in [0.2, 0.25) is 0 Å². The first-order valence-corrected chi connectivity index (χ1v) is 5.75. The molecule has 0 aliphatic rings. The fourth-order valence-electron chi connectivity index (χ4n) is 1.28. The number of ether oxygens (including phenoxy) is 1. The van der Waals surface area contributed by atoms with Gasteiger partial charge in [-0.1, -0.05) is 15.9 Å². The molecule has 0 radical (unpaired) electrons. The highest BCUT2D eigenvalue weighted by molar-refractivity contribution is 9.10. The van der Waals surface area contributed by atoms with E-state index in [0.717, 1.165) is 35.3 Å². The molecule has 3 nitrogen and oxygen atoms in total. The van der Waals surface area contributed by atoms with Crippen molar-refractivity contribution in [2.75, 3.05) is 25.6 Å².